The summed E-state index contributed by atoms with van der Waals surface area (Å²) < 4.78 is 17.9. The normalized spacial score (nSPS) is 33.4. The second-order valence-electron chi connectivity index (χ2n) is 24.8. The second-order valence-corrected chi connectivity index (χ2v) is 25.2. The van der Waals surface area contributed by atoms with Gasteiger partial charge in [0.1, 0.15) is 17.3 Å². The average Bonchev–Trinajstić information content (AvgIpc) is 3.45. The monoisotopic (exact) mass is 894 g/mol. The molecule has 10 heteroatoms. The summed E-state index contributed by atoms with van der Waals surface area (Å²) in [6, 6.07) is 7.39. The largest absolute Gasteiger partial charge is 0.462 e. The van der Waals surface area contributed by atoms with Crippen molar-refractivity contribution in [3.63, 3.8) is 0 Å². The van der Waals surface area contributed by atoms with Crippen LogP contribution < -0.4 is 0 Å². The molecule has 1 aromatic rings. The fourth-order valence-corrected chi connectivity index (χ4v) is 14.2. The number of hydrogen-bond donors (Lipinski definition) is 1. The molecule has 1 amide bonds. The van der Waals surface area contributed by atoms with Crippen LogP contribution in [0.4, 0.5) is 4.79 Å². The van der Waals surface area contributed by atoms with E-state index in [1.807, 2.05) is 53.7 Å². The van der Waals surface area contributed by atoms with E-state index in [0.29, 0.717) is 23.3 Å². The molecule has 1 aromatic carbocycles. The number of hydrogen-bond acceptors (Lipinski definition) is 8. The first-order valence-electron chi connectivity index (χ1n) is 23.9. The number of aliphatic hydroxyl groups excluding tert-OH is 1. The first kappa shape index (κ1) is 49.5. The smallest absolute Gasteiger partial charge is 0.410 e. The van der Waals surface area contributed by atoms with Crippen molar-refractivity contribution in [3.05, 3.63) is 46.0 Å². The van der Waals surface area contributed by atoms with Gasteiger partial charge in [-0.2, -0.15) is 0 Å². The molecule has 352 valence electrons. The first-order chi connectivity index (χ1) is 28.8. The molecule has 0 radical (unpaired) electrons. The number of allylic oxidation sites excluding steroid dienone is 1. The molecular weight excluding hydrogens is 814 g/mol. The van der Waals surface area contributed by atoms with Crippen molar-refractivity contribution >= 4 is 35.4 Å². The first-order valence-corrected chi connectivity index (χ1v) is 24.3. The van der Waals surface area contributed by atoms with Crippen molar-refractivity contribution in [3.8, 4) is 0 Å². The Bertz CT molecular complexity index is 1970. The van der Waals surface area contributed by atoms with Crippen LogP contribution in [0.25, 0.3) is 0 Å². The van der Waals surface area contributed by atoms with Crippen LogP contribution in [0, 0.1) is 56.2 Å². The predicted octanol–water partition coefficient (Wildman–Crippen LogP) is 12.1. The zero-order chi connectivity index (χ0) is 47.1. The van der Waals surface area contributed by atoms with E-state index < -0.39 is 40.2 Å². The number of carbonyl (C=O) groups excluding carboxylic acids is 4. The van der Waals surface area contributed by atoms with Crippen LogP contribution in [0.2, 0.25) is 5.02 Å². The summed E-state index contributed by atoms with van der Waals surface area (Å²) in [5.41, 5.74) is -0.641. The summed E-state index contributed by atoms with van der Waals surface area (Å²) in [5.74, 6) is 0.263. The molecule has 0 spiro atoms. The molecule has 9 nitrogen and oxygen atoms in total. The minimum absolute atomic E-state index is 0.00670. The van der Waals surface area contributed by atoms with Crippen molar-refractivity contribution in [1.82, 2.24) is 4.90 Å². The number of fused-ring (bicyclic) bond motifs is 7. The van der Waals surface area contributed by atoms with Gasteiger partial charge < -0.3 is 24.2 Å². The van der Waals surface area contributed by atoms with E-state index in [2.05, 4.69) is 48.5 Å². The summed E-state index contributed by atoms with van der Waals surface area (Å²) >= 11 is 6.22. The Morgan fingerprint density at radius 3 is 2.02 bits per heavy atom. The van der Waals surface area contributed by atoms with Gasteiger partial charge in [-0.3, -0.25) is 14.4 Å². The standard InChI is InChI=1S/C53H80ClNO8/c1-32(2)42-36(56)28-53(39(57)31-55(45(60)63-47(6,7)8)30-33-16-18-34(54)19-17-33)27-26-51(14)35(43(42)53)20-21-38-50(13)24-23-40(49(11,12)37(50)22-25-52(38,51)15)61-41(58)29-48(9,10)44(59)62-46(3,4)5/h16-19,32,35,37-40,57H,20-31H2,1-15H3/t35-,37?,38-,39-,40+,50+,51-,52-,53+/m1/s1. The highest BCUT2D eigenvalue weighted by Crippen LogP contribution is 2.77. The number of esters is 2. The van der Waals surface area contributed by atoms with Gasteiger partial charge in [-0.05, 0) is 170 Å². The lowest BCUT2D eigenvalue weighted by atomic mass is 9.33. The molecule has 9 atom stereocenters. The number of halogens is 1. The van der Waals surface area contributed by atoms with E-state index in [1.165, 1.54) is 0 Å². The minimum atomic E-state index is -1.00. The molecule has 6 rings (SSSR count). The Morgan fingerprint density at radius 1 is 0.810 bits per heavy atom. The lowest BCUT2D eigenvalue weighted by Gasteiger charge is -2.72. The third-order valence-electron chi connectivity index (χ3n) is 17.2. The Morgan fingerprint density at radius 2 is 1.43 bits per heavy atom. The molecule has 0 aliphatic heterocycles. The van der Waals surface area contributed by atoms with Gasteiger partial charge in [-0.25, -0.2) is 4.79 Å². The number of aliphatic hydroxyl groups is 1. The molecular formula is C53H80ClNO8. The van der Waals surface area contributed by atoms with Gasteiger partial charge in [0.15, 0.2) is 5.78 Å². The van der Waals surface area contributed by atoms with E-state index in [9.17, 15) is 24.3 Å². The number of benzene rings is 1. The highest BCUT2D eigenvalue weighted by Gasteiger charge is 2.71. The summed E-state index contributed by atoms with van der Waals surface area (Å²) in [6.45, 7) is 31.2. The number of nitrogens with zero attached hydrogens (tertiary/aromatic N) is 1. The molecule has 0 aromatic heterocycles. The molecule has 63 heavy (non-hydrogen) atoms. The molecule has 0 bridgehead atoms. The highest BCUT2D eigenvalue weighted by atomic mass is 35.5. The van der Waals surface area contributed by atoms with Gasteiger partial charge >= 0.3 is 18.0 Å². The van der Waals surface area contributed by atoms with Crippen molar-refractivity contribution in [2.45, 2.75) is 198 Å². The number of ether oxygens (including phenoxy) is 3. The van der Waals surface area contributed by atoms with Crippen LogP contribution in [0.15, 0.2) is 35.4 Å². The third kappa shape index (κ3) is 9.02. The minimum Gasteiger partial charge on any atom is -0.462 e. The Hall–Kier alpha value is -2.91. The third-order valence-corrected chi connectivity index (χ3v) is 17.5. The van der Waals surface area contributed by atoms with Gasteiger partial charge in [-0.1, -0.05) is 77.8 Å². The quantitative estimate of drug-likeness (QED) is 0.182. The topological polar surface area (TPSA) is 119 Å². The fraction of sp³-hybridized carbons (Fsp3) is 0.774. The highest BCUT2D eigenvalue weighted by molar-refractivity contribution is 6.30. The predicted molar refractivity (Wildman–Crippen MR) is 248 cm³/mol. The summed E-state index contributed by atoms with van der Waals surface area (Å²) in [7, 11) is 0. The van der Waals surface area contributed by atoms with Crippen LogP contribution >= 0.6 is 11.6 Å². The van der Waals surface area contributed by atoms with E-state index >= 15 is 0 Å². The van der Waals surface area contributed by atoms with Crippen LogP contribution in [0.1, 0.15) is 174 Å². The molecule has 1 unspecified atom stereocenters. The zero-order valence-electron chi connectivity index (χ0n) is 41.4. The van der Waals surface area contributed by atoms with Crippen molar-refractivity contribution in [2.75, 3.05) is 6.54 Å². The maximum absolute atomic E-state index is 14.4. The van der Waals surface area contributed by atoms with Crippen LogP contribution in [-0.4, -0.2) is 63.8 Å². The lowest BCUT2D eigenvalue weighted by molar-refractivity contribution is -0.235. The van der Waals surface area contributed by atoms with Gasteiger partial charge in [0.2, 0.25) is 0 Å². The van der Waals surface area contributed by atoms with Gasteiger partial charge in [-0.15, -0.1) is 0 Å². The van der Waals surface area contributed by atoms with Crippen molar-refractivity contribution in [2.24, 2.45) is 56.2 Å². The van der Waals surface area contributed by atoms with Crippen LogP contribution in [0.3, 0.4) is 0 Å². The molecule has 4 saturated carbocycles. The van der Waals surface area contributed by atoms with Gasteiger partial charge in [0, 0.05) is 28.8 Å². The summed E-state index contributed by atoms with van der Waals surface area (Å²) in [5, 5.41) is 13.3. The van der Waals surface area contributed by atoms with Crippen LogP contribution in [0.5, 0.6) is 0 Å². The number of rotatable bonds is 10. The Labute approximate surface area is 384 Å². The van der Waals surface area contributed by atoms with E-state index in [1.54, 1.807) is 30.9 Å². The van der Waals surface area contributed by atoms with E-state index in [-0.39, 0.29) is 77.3 Å². The molecule has 0 heterocycles. The van der Waals surface area contributed by atoms with Gasteiger partial charge in [0.05, 0.1) is 24.5 Å². The maximum atomic E-state index is 14.4. The number of carbonyl (C=O) groups is 4. The Kier molecular flexibility index (Phi) is 13.2. The number of ketones is 1. The molecule has 0 saturated heterocycles. The number of amides is 1. The van der Waals surface area contributed by atoms with Crippen molar-refractivity contribution in [1.29, 1.82) is 0 Å². The van der Waals surface area contributed by atoms with Crippen LogP contribution in [-0.2, 0) is 35.1 Å². The SMILES string of the molecule is CC(C)C1=C2[C@H]3CC[C@@H]4[C@@]5(C)CC[C@H](OC(=O)CC(C)(C)C(=O)OC(C)(C)C)C(C)(C)C5CC[C@@]4(C)[C@]3(C)CC[C@@]2([C@H](O)CN(Cc2ccc(Cl)cc2)C(=O)OC(C)(C)C)CC1=O. The second kappa shape index (κ2) is 16.8. The van der Waals surface area contributed by atoms with Gasteiger partial charge in [0.25, 0.3) is 0 Å². The lowest BCUT2D eigenvalue weighted by Crippen LogP contribution is -2.66. The maximum Gasteiger partial charge on any atom is 0.410 e. The molecule has 4 fully saturated rings. The Balaban J connectivity index is 1.27. The van der Waals surface area contributed by atoms with E-state index in [4.69, 9.17) is 25.8 Å². The number of Topliss-reactive ketones (excluding diaryl/α,β-unsaturated/α-hetero) is 1. The van der Waals surface area contributed by atoms with E-state index in [0.717, 1.165) is 61.7 Å². The molecule has 5 aliphatic rings. The molecule has 5 aliphatic carbocycles. The summed E-state index contributed by atoms with van der Waals surface area (Å²) in [4.78, 5) is 56.5. The molecule has 1 N–H and O–H groups in total. The summed E-state index contributed by atoms with van der Waals surface area (Å²) in [6.07, 6.45) is 5.76. The fourth-order valence-electron chi connectivity index (χ4n) is 14.0. The zero-order valence-corrected chi connectivity index (χ0v) is 42.1. The van der Waals surface area contributed by atoms with Crippen molar-refractivity contribution < 1.29 is 38.5 Å². The average molecular weight is 895 g/mol.